The Morgan fingerprint density at radius 2 is 1.85 bits per heavy atom. The first-order valence-electron chi connectivity index (χ1n) is 11.4. The average molecular weight is 464 g/mol. The monoisotopic (exact) mass is 463 g/mol. The highest BCUT2D eigenvalue weighted by molar-refractivity contribution is 7.17. The molecule has 1 aliphatic rings. The molecular formula is C25H29N5O2S. The summed E-state index contributed by atoms with van der Waals surface area (Å²) >= 11 is 1.52. The van der Waals surface area contributed by atoms with Crippen molar-refractivity contribution in [1.29, 1.82) is 0 Å². The summed E-state index contributed by atoms with van der Waals surface area (Å²) in [6.45, 7) is 6.73. The van der Waals surface area contributed by atoms with Gasteiger partial charge in [0.1, 0.15) is 5.75 Å². The minimum atomic E-state index is -0.0856. The first-order chi connectivity index (χ1) is 16.2. The molecule has 172 valence electrons. The van der Waals surface area contributed by atoms with E-state index in [0.717, 1.165) is 66.1 Å². The van der Waals surface area contributed by atoms with Crippen molar-refractivity contribution in [2.75, 3.05) is 33.3 Å². The van der Waals surface area contributed by atoms with E-state index in [1.54, 1.807) is 11.6 Å². The van der Waals surface area contributed by atoms with Gasteiger partial charge in [0.2, 0.25) is 10.8 Å². The first kappa shape index (κ1) is 21.9. The second kappa shape index (κ2) is 9.51. The maximum Gasteiger partial charge on any atom is 0.230 e. The number of aryl methyl sites for hydroxylation is 1. The predicted molar refractivity (Wildman–Crippen MR) is 130 cm³/mol. The number of methoxy groups -OCH3 is 1. The highest BCUT2D eigenvalue weighted by Gasteiger charge is 2.32. The van der Waals surface area contributed by atoms with E-state index in [1.165, 1.54) is 16.9 Å². The Labute approximate surface area is 197 Å². The zero-order valence-corrected chi connectivity index (χ0v) is 19.8. The average Bonchev–Trinajstić information content (AvgIpc) is 3.40. The van der Waals surface area contributed by atoms with Crippen molar-refractivity contribution in [3.05, 3.63) is 76.4 Å². The van der Waals surface area contributed by atoms with Crippen LogP contribution >= 0.6 is 11.3 Å². The quantitative estimate of drug-likeness (QED) is 0.447. The molecule has 1 fully saturated rings. The van der Waals surface area contributed by atoms with Gasteiger partial charge in [-0.2, -0.15) is 4.52 Å². The van der Waals surface area contributed by atoms with E-state index in [2.05, 4.69) is 62.3 Å². The van der Waals surface area contributed by atoms with Crippen LogP contribution in [0.3, 0.4) is 0 Å². The Hall–Kier alpha value is -2.94. The fourth-order valence-electron chi connectivity index (χ4n) is 4.48. The van der Waals surface area contributed by atoms with Gasteiger partial charge in [-0.3, -0.25) is 9.80 Å². The number of ether oxygens (including phenoxy) is 1. The van der Waals surface area contributed by atoms with Crippen LogP contribution in [0.5, 0.6) is 11.6 Å². The number of thiazole rings is 1. The van der Waals surface area contributed by atoms with Gasteiger partial charge in [0.25, 0.3) is 0 Å². The lowest BCUT2D eigenvalue weighted by molar-refractivity contribution is 0.105. The number of aromatic hydroxyl groups is 1. The molecule has 1 atom stereocenters. The van der Waals surface area contributed by atoms with Gasteiger partial charge < -0.3 is 9.84 Å². The van der Waals surface area contributed by atoms with E-state index in [0.29, 0.717) is 0 Å². The van der Waals surface area contributed by atoms with Crippen LogP contribution in [-0.4, -0.2) is 62.8 Å². The molecule has 0 amide bonds. The van der Waals surface area contributed by atoms with Gasteiger partial charge in [0.15, 0.2) is 5.82 Å². The highest BCUT2D eigenvalue weighted by atomic mass is 32.1. The van der Waals surface area contributed by atoms with Gasteiger partial charge in [0.05, 0.1) is 18.0 Å². The summed E-state index contributed by atoms with van der Waals surface area (Å²) in [6.07, 6.45) is 0.742. The summed E-state index contributed by atoms with van der Waals surface area (Å²) < 4.78 is 7.08. The number of hydrogen-bond donors (Lipinski definition) is 1. The van der Waals surface area contributed by atoms with Crippen LogP contribution in [0.25, 0.3) is 4.96 Å². The Bertz CT molecular complexity index is 1210. The van der Waals surface area contributed by atoms with Crippen LogP contribution in [0, 0.1) is 0 Å². The van der Waals surface area contributed by atoms with E-state index in [9.17, 15) is 5.11 Å². The van der Waals surface area contributed by atoms with E-state index < -0.39 is 0 Å². The fraction of sp³-hybridized carbons (Fsp3) is 0.360. The van der Waals surface area contributed by atoms with Gasteiger partial charge in [-0.05, 0) is 23.3 Å². The predicted octanol–water partition coefficient (Wildman–Crippen LogP) is 3.97. The van der Waals surface area contributed by atoms with Crippen LogP contribution < -0.4 is 4.74 Å². The molecule has 33 heavy (non-hydrogen) atoms. The molecule has 0 aliphatic carbocycles. The van der Waals surface area contributed by atoms with Gasteiger partial charge in [-0.15, -0.1) is 5.10 Å². The maximum absolute atomic E-state index is 11.1. The molecule has 1 N–H and O–H groups in total. The Balaban J connectivity index is 1.44. The number of benzene rings is 2. The molecule has 3 heterocycles. The molecule has 5 rings (SSSR count). The van der Waals surface area contributed by atoms with Gasteiger partial charge in [-0.25, -0.2) is 4.98 Å². The van der Waals surface area contributed by atoms with Crippen LogP contribution in [0.4, 0.5) is 0 Å². The van der Waals surface area contributed by atoms with Crippen molar-refractivity contribution in [3.8, 4) is 11.6 Å². The van der Waals surface area contributed by atoms with E-state index in [1.807, 2.05) is 19.1 Å². The van der Waals surface area contributed by atoms with E-state index in [-0.39, 0.29) is 11.9 Å². The fourth-order valence-corrected chi connectivity index (χ4v) is 5.62. The van der Waals surface area contributed by atoms with Gasteiger partial charge in [0, 0.05) is 39.1 Å². The van der Waals surface area contributed by atoms with Gasteiger partial charge in [-0.1, -0.05) is 60.7 Å². The summed E-state index contributed by atoms with van der Waals surface area (Å²) in [5, 5.41) is 15.6. The second-order valence-corrected chi connectivity index (χ2v) is 9.35. The van der Waals surface area contributed by atoms with Crippen molar-refractivity contribution in [3.63, 3.8) is 0 Å². The molecule has 4 aromatic rings. The third-order valence-electron chi connectivity index (χ3n) is 6.24. The van der Waals surface area contributed by atoms with Crippen LogP contribution in [0.15, 0.2) is 54.6 Å². The smallest absolute Gasteiger partial charge is 0.230 e. The molecule has 7 nitrogen and oxygen atoms in total. The number of fused-ring (bicyclic) bond motifs is 1. The Morgan fingerprint density at radius 1 is 1.06 bits per heavy atom. The molecular weight excluding hydrogens is 434 g/mol. The molecule has 2 aromatic heterocycles. The lowest BCUT2D eigenvalue weighted by Gasteiger charge is -2.39. The third kappa shape index (κ3) is 4.46. The van der Waals surface area contributed by atoms with Crippen molar-refractivity contribution >= 4 is 16.3 Å². The zero-order chi connectivity index (χ0) is 22.8. The minimum Gasteiger partial charge on any atom is -0.497 e. The summed E-state index contributed by atoms with van der Waals surface area (Å²) in [4.78, 5) is 11.1. The zero-order valence-electron chi connectivity index (χ0n) is 19.0. The second-order valence-electron chi connectivity index (χ2n) is 8.34. The van der Waals surface area contributed by atoms with Crippen molar-refractivity contribution in [2.24, 2.45) is 0 Å². The van der Waals surface area contributed by atoms with Crippen LogP contribution in [-0.2, 0) is 13.0 Å². The highest BCUT2D eigenvalue weighted by Crippen LogP contribution is 2.41. The topological polar surface area (TPSA) is 66.1 Å². The lowest BCUT2D eigenvalue weighted by atomic mass is 10.0. The molecule has 2 aromatic carbocycles. The van der Waals surface area contributed by atoms with Crippen LogP contribution in [0.2, 0.25) is 0 Å². The minimum absolute atomic E-state index is 0.0856. The standard InChI is InChI=1S/C25H29N5O2S/c1-3-21-26-25-30(27-21)24(31)23(33-25)22(19-10-7-11-20(16-19)32-2)29-14-12-28(13-15-29)17-18-8-5-4-6-9-18/h4-11,16,22,31H,3,12-15,17H2,1-2H3/t22-/m0/s1. The molecule has 0 radical (unpaired) electrons. The molecule has 0 saturated carbocycles. The van der Waals surface area contributed by atoms with E-state index >= 15 is 0 Å². The third-order valence-corrected chi connectivity index (χ3v) is 7.31. The van der Waals surface area contributed by atoms with Crippen molar-refractivity contribution in [2.45, 2.75) is 25.9 Å². The SMILES string of the molecule is CCc1nc2sc([C@H](c3cccc(OC)c3)N3CCN(Cc4ccccc4)CC3)c(O)n2n1. The molecule has 8 heteroatoms. The number of piperazine rings is 1. The lowest BCUT2D eigenvalue weighted by Crippen LogP contribution is -2.47. The molecule has 1 saturated heterocycles. The summed E-state index contributed by atoms with van der Waals surface area (Å²) in [5.41, 5.74) is 2.44. The number of hydrogen-bond acceptors (Lipinski definition) is 7. The van der Waals surface area contributed by atoms with Gasteiger partial charge >= 0.3 is 0 Å². The number of nitrogens with zero attached hydrogens (tertiary/aromatic N) is 5. The van der Waals surface area contributed by atoms with E-state index in [4.69, 9.17) is 4.74 Å². The largest absolute Gasteiger partial charge is 0.497 e. The van der Waals surface area contributed by atoms with Crippen LogP contribution in [0.1, 0.15) is 34.8 Å². The van der Waals surface area contributed by atoms with Crippen molar-refractivity contribution < 1.29 is 9.84 Å². The maximum atomic E-state index is 11.1. The normalized spacial score (nSPS) is 16.3. The molecule has 0 unspecified atom stereocenters. The Kier molecular flexibility index (Phi) is 6.30. The number of rotatable bonds is 7. The summed E-state index contributed by atoms with van der Waals surface area (Å²) in [6, 6.07) is 18.7. The molecule has 0 bridgehead atoms. The Morgan fingerprint density at radius 3 is 2.55 bits per heavy atom. The summed E-state index contributed by atoms with van der Waals surface area (Å²) in [7, 11) is 1.68. The first-order valence-corrected chi connectivity index (χ1v) is 12.2. The molecule has 0 spiro atoms. The number of aromatic nitrogens is 3. The van der Waals surface area contributed by atoms with Crippen molar-refractivity contribution in [1.82, 2.24) is 24.4 Å². The molecule has 1 aliphatic heterocycles. The summed E-state index contributed by atoms with van der Waals surface area (Å²) in [5.74, 6) is 1.74.